The second-order valence-corrected chi connectivity index (χ2v) is 5.16. The number of ether oxygens (including phenoxy) is 1. The highest BCUT2D eigenvalue weighted by Crippen LogP contribution is 2.17. The third kappa shape index (κ3) is 4.35. The molecule has 0 aliphatic carbocycles. The number of benzene rings is 2. The highest BCUT2D eigenvalue weighted by Gasteiger charge is 2.06. The summed E-state index contributed by atoms with van der Waals surface area (Å²) in [4.78, 5) is 11.9. The van der Waals surface area contributed by atoms with E-state index in [0.29, 0.717) is 0 Å². The molecule has 0 aliphatic rings. The van der Waals surface area contributed by atoms with E-state index in [1.54, 1.807) is 0 Å². The predicted molar refractivity (Wildman–Crippen MR) is 85.9 cm³/mol. The Morgan fingerprint density at radius 3 is 2.67 bits per heavy atom. The van der Waals surface area contributed by atoms with Crippen LogP contribution in [0.4, 0.5) is 5.69 Å². The molecule has 0 heterocycles. The van der Waals surface area contributed by atoms with Crippen LogP contribution in [0.2, 0.25) is 0 Å². The normalized spacial score (nSPS) is 10.2. The Balaban J connectivity index is 1.92. The lowest BCUT2D eigenvalue weighted by Crippen LogP contribution is -2.20. The van der Waals surface area contributed by atoms with Gasteiger partial charge in [0.1, 0.15) is 5.75 Å². The number of anilines is 1. The van der Waals surface area contributed by atoms with Gasteiger partial charge < -0.3 is 10.1 Å². The summed E-state index contributed by atoms with van der Waals surface area (Å²) in [6, 6.07) is 13.8. The summed E-state index contributed by atoms with van der Waals surface area (Å²) in [6.07, 6.45) is 0.950. The van der Waals surface area contributed by atoms with Crippen LogP contribution in [0.15, 0.2) is 42.5 Å². The van der Waals surface area contributed by atoms with Crippen LogP contribution in [-0.2, 0) is 11.2 Å². The minimum atomic E-state index is -0.149. The van der Waals surface area contributed by atoms with Crippen molar-refractivity contribution in [2.24, 2.45) is 0 Å². The molecule has 0 fully saturated rings. The van der Waals surface area contributed by atoms with Gasteiger partial charge in [0, 0.05) is 5.69 Å². The van der Waals surface area contributed by atoms with Gasteiger partial charge in [0.05, 0.1) is 0 Å². The molecule has 0 radical (unpaired) electrons. The molecule has 0 aliphatic heterocycles. The lowest BCUT2D eigenvalue weighted by atomic mass is 10.1. The van der Waals surface area contributed by atoms with Crippen molar-refractivity contribution >= 4 is 11.6 Å². The summed E-state index contributed by atoms with van der Waals surface area (Å²) < 4.78 is 5.53. The molecule has 0 unspecified atom stereocenters. The Labute approximate surface area is 126 Å². The Bertz CT molecular complexity index is 635. The maximum absolute atomic E-state index is 11.9. The predicted octanol–water partition coefficient (Wildman–Crippen LogP) is 3.88. The van der Waals surface area contributed by atoms with Gasteiger partial charge in [-0.25, -0.2) is 0 Å². The maximum atomic E-state index is 11.9. The van der Waals surface area contributed by atoms with Crippen molar-refractivity contribution < 1.29 is 9.53 Å². The quantitative estimate of drug-likeness (QED) is 0.904. The standard InChI is InChI=1S/C18H21NO2/c1-4-15-6-5-7-16(11-15)21-12-18(20)19-17-9-8-13(2)10-14(17)3/h5-11H,4,12H2,1-3H3,(H,19,20). The zero-order valence-corrected chi connectivity index (χ0v) is 12.8. The van der Waals surface area contributed by atoms with Gasteiger partial charge >= 0.3 is 0 Å². The van der Waals surface area contributed by atoms with Crippen molar-refractivity contribution in [2.75, 3.05) is 11.9 Å². The number of carbonyl (C=O) groups is 1. The smallest absolute Gasteiger partial charge is 0.262 e. The monoisotopic (exact) mass is 283 g/mol. The van der Waals surface area contributed by atoms with Crippen LogP contribution in [0, 0.1) is 13.8 Å². The lowest BCUT2D eigenvalue weighted by Gasteiger charge is -2.10. The number of carbonyl (C=O) groups excluding carboxylic acids is 1. The fraction of sp³-hybridized carbons (Fsp3) is 0.278. The van der Waals surface area contributed by atoms with Crippen LogP contribution in [0.1, 0.15) is 23.6 Å². The third-order valence-corrected chi connectivity index (χ3v) is 3.33. The molecule has 110 valence electrons. The van der Waals surface area contributed by atoms with Crippen LogP contribution in [0.5, 0.6) is 5.75 Å². The molecule has 0 saturated carbocycles. The van der Waals surface area contributed by atoms with Gasteiger partial charge in [-0.1, -0.05) is 36.8 Å². The number of aryl methyl sites for hydroxylation is 3. The average molecular weight is 283 g/mol. The molecule has 0 saturated heterocycles. The van der Waals surface area contributed by atoms with Crippen LogP contribution in [0.3, 0.4) is 0 Å². The Morgan fingerprint density at radius 2 is 1.95 bits per heavy atom. The van der Waals surface area contributed by atoms with Crippen molar-refractivity contribution in [3.63, 3.8) is 0 Å². The van der Waals surface area contributed by atoms with Gasteiger partial charge in [0.25, 0.3) is 5.91 Å². The van der Waals surface area contributed by atoms with Crippen molar-refractivity contribution in [2.45, 2.75) is 27.2 Å². The lowest BCUT2D eigenvalue weighted by molar-refractivity contribution is -0.118. The molecular formula is C18H21NO2. The summed E-state index contributed by atoms with van der Waals surface area (Å²) in [5, 5.41) is 2.87. The summed E-state index contributed by atoms with van der Waals surface area (Å²) in [7, 11) is 0. The first-order valence-corrected chi connectivity index (χ1v) is 7.17. The van der Waals surface area contributed by atoms with Gasteiger partial charge in [-0.3, -0.25) is 4.79 Å². The number of hydrogen-bond donors (Lipinski definition) is 1. The van der Waals surface area contributed by atoms with E-state index in [1.807, 2.05) is 56.3 Å². The molecule has 3 nitrogen and oxygen atoms in total. The second-order valence-electron chi connectivity index (χ2n) is 5.16. The number of nitrogens with one attached hydrogen (secondary N) is 1. The van der Waals surface area contributed by atoms with Gasteiger partial charge in [0.2, 0.25) is 0 Å². The number of amides is 1. The topological polar surface area (TPSA) is 38.3 Å². The summed E-state index contributed by atoms with van der Waals surface area (Å²) in [5.41, 5.74) is 4.26. The van der Waals surface area contributed by atoms with E-state index in [-0.39, 0.29) is 12.5 Å². The van der Waals surface area contributed by atoms with Crippen LogP contribution >= 0.6 is 0 Å². The molecular weight excluding hydrogens is 262 g/mol. The van der Waals surface area contributed by atoms with E-state index < -0.39 is 0 Å². The molecule has 3 heteroatoms. The Kier molecular flexibility index (Phi) is 4.99. The minimum Gasteiger partial charge on any atom is -0.484 e. The summed E-state index contributed by atoms with van der Waals surface area (Å²) in [5.74, 6) is 0.578. The second kappa shape index (κ2) is 6.93. The SMILES string of the molecule is CCc1cccc(OCC(=O)Nc2ccc(C)cc2C)c1. The van der Waals surface area contributed by atoms with Crippen LogP contribution in [-0.4, -0.2) is 12.5 Å². The molecule has 2 rings (SSSR count). The zero-order chi connectivity index (χ0) is 15.2. The summed E-state index contributed by atoms with van der Waals surface area (Å²) >= 11 is 0. The molecule has 0 spiro atoms. The molecule has 0 aromatic heterocycles. The van der Waals surface area contributed by atoms with E-state index >= 15 is 0 Å². The first kappa shape index (κ1) is 15.1. The fourth-order valence-electron chi connectivity index (χ4n) is 2.14. The van der Waals surface area contributed by atoms with E-state index in [4.69, 9.17) is 4.74 Å². The van der Waals surface area contributed by atoms with Gasteiger partial charge in [-0.05, 0) is 49.6 Å². The number of rotatable bonds is 5. The van der Waals surface area contributed by atoms with E-state index in [2.05, 4.69) is 12.2 Å². The minimum absolute atomic E-state index is 0.0144. The van der Waals surface area contributed by atoms with Gasteiger partial charge in [-0.15, -0.1) is 0 Å². The first-order chi connectivity index (χ1) is 10.1. The van der Waals surface area contributed by atoms with Crippen LogP contribution < -0.4 is 10.1 Å². The number of hydrogen-bond acceptors (Lipinski definition) is 2. The molecule has 0 bridgehead atoms. The fourth-order valence-corrected chi connectivity index (χ4v) is 2.14. The molecule has 1 N–H and O–H groups in total. The molecule has 21 heavy (non-hydrogen) atoms. The molecule has 2 aromatic carbocycles. The average Bonchev–Trinajstić information content (AvgIpc) is 2.48. The highest BCUT2D eigenvalue weighted by molar-refractivity contribution is 5.92. The van der Waals surface area contributed by atoms with Gasteiger partial charge in [-0.2, -0.15) is 0 Å². The van der Waals surface area contributed by atoms with Crippen molar-refractivity contribution in [1.29, 1.82) is 0 Å². The third-order valence-electron chi connectivity index (χ3n) is 3.33. The molecule has 2 aromatic rings. The van der Waals surface area contributed by atoms with Crippen molar-refractivity contribution in [3.05, 3.63) is 59.2 Å². The van der Waals surface area contributed by atoms with E-state index in [0.717, 1.165) is 23.4 Å². The van der Waals surface area contributed by atoms with Crippen molar-refractivity contribution in [1.82, 2.24) is 0 Å². The Hall–Kier alpha value is -2.29. The maximum Gasteiger partial charge on any atom is 0.262 e. The van der Waals surface area contributed by atoms with Crippen LogP contribution in [0.25, 0.3) is 0 Å². The zero-order valence-electron chi connectivity index (χ0n) is 12.8. The summed E-state index contributed by atoms with van der Waals surface area (Å²) in [6.45, 7) is 6.11. The van der Waals surface area contributed by atoms with E-state index in [9.17, 15) is 4.79 Å². The van der Waals surface area contributed by atoms with Crippen molar-refractivity contribution in [3.8, 4) is 5.75 Å². The van der Waals surface area contributed by atoms with E-state index in [1.165, 1.54) is 11.1 Å². The van der Waals surface area contributed by atoms with Gasteiger partial charge in [0.15, 0.2) is 6.61 Å². The Morgan fingerprint density at radius 1 is 1.14 bits per heavy atom. The molecule has 0 atom stereocenters. The largest absolute Gasteiger partial charge is 0.484 e. The first-order valence-electron chi connectivity index (χ1n) is 7.17. The highest BCUT2D eigenvalue weighted by atomic mass is 16.5. The molecule has 1 amide bonds.